The van der Waals surface area contributed by atoms with Crippen molar-refractivity contribution in [2.75, 3.05) is 6.61 Å². The maximum atomic E-state index is 5.52. The first-order valence-electron chi connectivity index (χ1n) is 4.57. The van der Waals surface area contributed by atoms with Gasteiger partial charge in [0, 0.05) is 0 Å². The second-order valence-corrected chi connectivity index (χ2v) is 3.40. The first kappa shape index (κ1) is 7.81. The van der Waals surface area contributed by atoms with Crippen LogP contribution in [0.25, 0.3) is 0 Å². The van der Waals surface area contributed by atoms with E-state index in [4.69, 9.17) is 4.74 Å². The Morgan fingerprint density at radius 3 is 2.50 bits per heavy atom. The maximum absolute atomic E-state index is 5.52. The van der Waals surface area contributed by atoms with Gasteiger partial charge in [-0.25, -0.2) is 0 Å². The maximum Gasteiger partial charge on any atom is 0.117 e. The highest BCUT2D eigenvalue weighted by Gasteiger charge is 2.44. The van der Waals surface area contributed by atoms with Crippen molar-refractivity contribution < 1.29 is 4.74 Å². The van der Waals surface area contributed by atoms with Crippen LogP contribution in [0.3, 0.4) is 0 Å². The lowest BCUT2D eigenvalue weighted by Crippen LogP contribution is -2.07. The lowest BCUT2D eigenvalue weighted by molar-refractivity contribution is 0.291. The summed E-state index contributed by atoms with van der Waals surface area (Å²) in [6.45, 7) is 3.11. The van der Waals surface area contributed by atoms with Gasteiger partial charge in [-0.15, -0.1) is 0 Å². The molecule has 0 amide bonds. The summed E-state index contributed by atoms with van der Waals surface area (Å²) >= 11 is 0. The molecule has 0 aliphatic carbocycles. The minimum atomic E-state index is 0.0933. The van der Waals surface area contributed by atoms with Crippen LogP contribution >= 0.6 is 0 Å². The fourth-order valence-corrected chi connectivity index (χ4v) is 1.69. The van der Waals surface area contributed by atoms with Gasteiger partial charge in [0.1, 0.15) is 5.60 Å². The molecule has 0 saturated carbocycles. The molecular weight excluding hydrogens is 148 g/mol. The molecule has 1 aromatic carbocycles. The van der Waals surface area contributed by atoms with Crippen molar-refractivity contribution in [1.29, 1.82) is 0 Å². The molecule has 1 aliphatic rings. The van der Waals surface area contributed by atoms with Crippen LogP contribution in [-0.4, -0.2) is 6.61 Å². The minimum absolute atomic E-state index is 0.0933. The van der Waals surface area contributed by atoms with Crippen molar-refractivity contribution >= 4 is 0 Å². The van der Waals surface area contributed by atoms with Crippen LogP contribution in [0.5, 0.6) is 0 Å². The molecule has 1 nitrogen and oxygen atoms in total. The number of epoxide rings is 1. The number of ether oxygens (including phenoxy) is 1. The average Bonchev–Trinajstić information content (AvgIpc) is 2.88. The fraction of sp³-hybridized carbons (Fsp3) is 0.455. The van der Waals surface area contributed by atoms with Crippen molar-refractivity contribution in [3.05, 3.63) is 35.9 Å². The van der Waals surface area contributed by atoms with E-state index in [1.165, 1.54) is 12.0 Å². The second-order valence-electron chi connectivity index (χ2n) is 3.40. The molecule has 0 bridgehead atoms. The van der Waals surface area contributed by atoms with Gasteiger partial charge in [0.2, 0.25) is 0 Å². The Balaban J connectivity index is 2.19. The van der Waals surface area contributed by atoms with E-state index in [0.29, 0.717) is 0 Å². The van der Waals surface area contributed by atoms with Gasteiger partial charge < -0.3 is 4.74 Å². The van der Waals surface area contributed by atoms with Gasteiger partial charge in [-0.1, -0.05) is 43.7 Å². The fourth-order valence-electron chi connectivity index (χ4n) is 1.69. The third-order valence-corrected chi connectivity index (χ3v) is 2.45. The zero-order valence-corrected chi connectivity index (χ0v) is 7.42. The van der Waals surface area contributed by atoms with E-state index in [1.807, 2.05) is 6.07 Å². The molecule has 2 rings (SSSR count). The first-order chi connectivity index (χ1) is 5.87. The van der Waals surface area contributed by atoms with Gasteiger partial charge in [-0.05, 0) is 12.0 Å². The molecule has 0 aromatic heterocycles. The minimum Gasteiger partial charge on any atom is -0.365 e. The van der Waals surface area contributed by atoms with Crippen LogP contribution in [0.1, 0.15) is 25.3 Å². The topological polar surface area (TPSA) is 12.5 Å². The lowest BCUT2D eigenvalue weighted by Gasteiger charge is -2.09. The Bertz CT molecular complexity index is 249. The Morgan fingerprint density at radius 2 is 2.00 bits per heavy atom. The van der Waals surface area contributed by atoms with Crippen LogP contribution in [-0.2, 0) is 10.3 Å². The zero-order chi connectivity index (χ0) is 8.44. The Morgan fingerprint density at radius 1 is 1.33 bits per heavy atom. The highest BCUT2D eigenvalue weighted by atomic mass is 16.6. The number of benzene rings is 1. The lowest BCUT2D eigenvalue weighted by atomic mass is 9.95. The molecule has 1 heteroatoms. The van der Waals surface area contributed by atoms with Gasteiger partial charge in [0.15, 0.2) is 0 Å². The molecule has 0 spiro atoms. The standard InChI is InChI=1S/C11H14O/c1-2-8-11(9-12-11)10-6-4-3-5-7-10/h3-7H,2,8-9H2,1H3. The largest absolute Gasteiger partial charge is 0.365 e. The molecule has 1 aromatic rings. The molecular formula is C11H14O. The Labute approximate surface area is 73.4 Å². The van der Waals surface area contributed by atoms with Crippen LogP contribution < -0.4 is 0 Å². The average molecular weight is 162 g/mol. The summed E-state index contributed by atoms with van der Waals surface area (Å²) < 4.78 is 5.52. The van der Waals surface area contributed by atoms with Crippen molar-refractivity contribution in [2.24, 2.45) is 0 Å². The first-order valence-corrected chi connectivity index (χ1v) is 4.57. The van der Waals surface area contributed by atoms with E-state index < -0.39 is 0 Å². The molecule has 0 radical (unpaired) electrons. The van der Waals surface area contributed by atoms with Gasteiger partial charge in [0.25, 0.3) is 0 Å². The zero-order valence-electron chi connectivity index (χ0n) is 7.42. The third-order valence-electron chi connectivity index (χ3n) is 2.45. The monoisotopic (exact) mass is 162 g/mol. The van der Waals surface area contributed by atoms with Crippen molar-refractivity contribution in [3.8, 4) is 0 Å². The number of rotatable bonds is 3. The summed E-state index contributed by atoms with van der Waals surface area (Å²) in [5.41, 5.74) is 1.43. The molecule has 0 N–H and O–H groups in total. The quantitative estimate of drug-likeness (QED) is 0.622. The highest BCUT2D eigenvalue weighted by molar-refractivity contribution is 5.26. The molecule has 1 atom stereocenters. The molecule has 1 aliphatic heterocycles. The van der Waals surface area contributed by atoms with Crippen molar-refractivity contribution in [3.63, 3.8) is 0 Å². The molecule has 12 heavy (non-hydrogen) atoms. The smallest absolute Gasteiger partial charge is 0.117 e. The molecule has 1 heterocycles. The van der Waals surface area contributed by atoms with Gasteiger partial charge >= 0.3 is 0 Å². The Hall–Kier alpha value is -0.820. The van der Waals surface area contributed by atoms with E-state index >= 15 is 0 Å². The second kappa shape index (κ2) is 2.91. The van der Waals surface area contributed by atoms with Crippen molar-refractivity contribution in [2.45, 2.75) is 25.4 Å². The molecule has 1 fully saturated rings. The van der Waals surface area contributed by atoms with Crippen molar-refractivity contribution in [1.82, 2.24) is 0 Å². The Kier molecular flexibility index (Phi) is 1.89. The normalized spacial score (nSPS) is 27.1. The predicted octanol–water partition coefficient (Wildman–Crippen LogP) is 2.71. The van der Waals surface area contributed by atoms with E-state index in [1.54, 1.807) is 0 Å². The van der Waals surface area contributed by atoms with E-state index in [-0.39, 0.29) is 5.60 Å². The van der Waals surface area contributed by atoms with Crippen LogP contribution in [0.15, 0.2) is 30.3 Å². The third kappa shape index (κ3) is 1.25. The highest BCUT2D eigenvalue weighted by Crippen LogP contribution is 2.42. The van der Waals surface area contributed by atoms with Gasteiger partial charge in [-0.2, -0.15) is 0 Å². The summed E-state index contributed by atoms with van der Waals surface area (Å²) in [5.74, 6) is 0. The van der Waals surface area contributed by atoms with E-state index in [9.17, 15) is 0 Å². The van der Waals surface area contributed by atoms with Crippen LogP contribution in [0.2, 0.25) is 0 Å². The SMILES string of the molecule is CCCC1(c2ccccc2)CO1. The summed E-state index contributed by atoms with van der Waals surface area (Å²) in [4.78, 5) is 0. The summed E-state index contributed by atoms with van der Waals surface area (Å²) in [6.07, 6.45) is 2.34. The van der Waals surface area contributed by atoms with E-state index in [0.717, 1.165) is 13.0 Å². The summed E-state index contributed by atoms with van der Waals surface area (Å²) in [5, 5.41) is 0. The summed E-state index contributed by atoms with van der Waals surface area (Å²) in [7, 11) is 0. The van der Waals surface area contributed by atoms with Crippen LogP contribution in [0, 0.1) is 0 Å². The predicted molar refractivity (Wildman–Crippen MR) is 49.0 cm³/mol. The van der Waals surface area contributed by atoms with Gasteiger partial charge in [0.05, 0.1) is 6.61 Å². The molecule has 1 unspecified atom stereocenters. The van der Waals surface area contributed by atoms with E-state index in [2.05, 4.69) is 31.2 Å². The number of hydrogen-bond acceptors (Lipinski definition) is 1. The summed E-state index contributed by atoms with van der Waals surface area (Å²) in [6, 6.07) is 10.5. The van der Waals surface area contributed by atoms with Crippen LogP contribution in [0.4, 0.5) is 0 Å². The number of hydrogen-bond donors (Lipinski definition) is 0. The van der Waals surface area contributed by atoms with Gasteiger partial charge in [-0.3, -0.25) is 0 Å². The molecule has 1 saturated heterocycles. The molecule has 64 valence electrons.